The average Bonchev–Trinajstić information content (AvgIpc) is 3.05. The van der Waals surface area contributed by atoms with Gasteiger partial charge in [0, 0.05) is 17.9 Å². The summed E-state index contributed by atoms with van der Waals surface area (Å²) in [7, 11) is 0. The number of benzene rings is 2. The van der Waals surface area contributed by atoms with E-state index < -0.39 is 0 Å². The van der Waals surface area contributed by atoms with Gasteiger partial charge in [0.05, 0.1) is 11.5 Å². The summed E-state index contributed by atoms with van der Waals surface area (Å²) in [6, 6.07) is 15.2. The number of nitrogens with zero attached hydrogens (tertiary/aromatic N) is 2. The number of hydrogen-bond donors (Lipinski definition) is 0. The SMILES string of the molecule is CCOON1C(=O)/C(=C/C=C/c2ccc3c(c2)CCCN3c2ccc(C)cc2)SC1=S. The molecule has 0 N–H and O–H groups in total. The fourth-order valence-electron chi connectivity index (χ4n) is 3.60. The second kappa shape index (κ2) is 9.78. The molecule has 0 unspecified atom stereocenters. The van der Waals surface area contributed by atoms with Crippen LogP contribution in [0.1, 0.15) is 30.0 Å². The lowest BCUT2D eigenvalue weighted by atomic mass is 9.98. The Kier molecular flexibility index (Phi) is 6.87. The molecule has 2 aliphatic rings. The fraction of sp³-hybridized carbons (Fsp3) is 0.250. The summed E-state index contributed by atoms with van der Waals surface area (Å²) < 4.78 is 0.322. The molecule has 2 aliphatic heterocycles. The molecule has 0 atom stereocenters. The van der Waals surface area contributed by atoms with E-state index >= 15 is 0 Å². The van der Waals surface area contributed by atoms with Crippen LogP contribution in [0.4, 0.5) is 11.4 Å². The summed E-state index contributed by atoms with van der Waals surface area (Å²) in [4.78, 5) is 25.0. The van der Waals surface area contributed by atoms with Crippen LogP contribution in [-0.2, 0) is 21.1 Å². The highest BCUT2D eigenvalue weighted by Crippen LogP contribution is 2.35. The van der Waals surface area contributed by atoms with Crippen LogP contribution in [0.2, 0.25) is 0 Å². The molecule has 0 aromatic heterocycles. The van der Waals surface area contributed by atoms with Gasteiger partial charge in [-0.05, 0) is 80.4 Å². The van der Waals surface area contributed by atoms with Crippen molar-refractivity contribution < 1.29 is 14.7 Å². The van der Waals surface area contributed by atoms with Crippen LogP contribution >= 0.6 is 24.0 Å². The van der Waals surface area contributed by atoms with Crippen molar-refractivity contribution in [2.24, 2.45) is 0 Å². The molecule has 1 fully saturated rings. The molecule has 0 bridgehead atoms. The molecule has 1 amide bonds. The molecule has 0 saturated carbocycles. The Morgan fingerprint density at radius 2 is 2.00 bits per heavy atom. The Morgan fingerprint density at radius 3 is 2.77 bits per heavy atom. The molecule has 1 saturated heterocycles. The van der Waals surface area contributed by atoms with Crippen LogP contribution in [0.3, 0.4) is 0 Å². The van der Waals surface area contributed by atoms with E-state index in [1.165, 1.54) is 34.3 Å². The maximum atomic E-state index is 12.4. The fourth-order valence-corrected chi connectivity index (χ4v) is 4.68. The standard InChI is InChI=1S/C24H24N2O3S2/c1-3-28-29-26-23(27)22(31-24(26)30)8-4-6-18-11-14-21-19(16-18)7-5-15-25(21)20-12-9-17(2)10-13-20/h4,6,8-14,16H,3,5,7,15H2,1-2H3/b6-4+,22-8-. The third-order valence-corrected chi connectivity index (χ3v) is 6.39. The number of carbonyl (C=O) groups is 1. The molecule has 2 aromatic carbocycles. The van der Waals surface area contributed by atoms with Gasteiger partial charge in [-0.15, -0.1) is 10.1 Å². The van der Waals surface area contributed by atoms with E-state index in [0.717, 1.165) is 30.0 Å². The van der Waals surface area contributed by atoms with E-state index in [1.807, 2.05) is 12.2 Å². The van der Waals surface area contributed by atoms with Gasteiger partial charge in [0.25, 0.3) is 5.91 Å². The van der Waals surface area contributed by atoms with Gasteiger partial charge >= 0.3 is 0 Å². The highest BCUT2D eigenvalue weighted by molar-refractivity contribution is 8.26. The molecule has 31 heavy (non-hydrogen) atoms. The number of hydroxylamine groups is 2. The van der Waals surface area contributed by atoms with E-state index in [0.29, 0.717) is 15.8 Å². The van der Waals surface area contributed by atoms with Crippen molar-refractivity contribution in [1.29, 1.82) is 0 Å². The van der Waals surface area contributed by atoms with Gasteiger partial charge in [-0.25, -0.2) is 4.89 Å². The number of carbonyl (C=O) groups excluding carboxylic acids is 1. The molecule has 0 radical (unpaired) electrons. The van der Waals surface area contributed by atoms with Gasteiger partial charge in [-0.1, -0.05) is 47.7 Å². The first-order chi connectivity index (χ1) is 15.1. The number of amides is 1. The topological polar surface area (TPSA) is 42.0 Å². The van der Waals surface area contributed by atoms with Gasteiger partial charge in [0.1, 0.15) is 0 Å². The largest absolute Gasteiger partial charge is 0.341 e. The summed E-state index contributed by atoms with van der Waals surface area (Å²) in [6.45, 7) is 5.23. The van der Waals surface area contributed by atoms with Crippen LogP contribution < -0.4 is 4.90 Å². The molecular formula is C24H24N2O3S2. The molecular weight excluding hydrogens is 428 g/mol. The quantitative estimate of drug-likeness (QED) is 0.242. The average molecular weight is 453 g/mol. The lowest BCUT2D eigenvalue weighted by molar-refractivity contribution is -0.381. The number of thioether (sulfide) groups is 1. The second-order valence-electron chi connectivity index (χ2n) is 7.32. The van der Waals surface area contributed by atoms with E-state index in [9.17, 15) is 4.79 Å². The Labute approximate surface area is 192 Å². The van der Waals surface area contributed by atoms with E-state index in [4.69, 9.17) is 22.1 Å². The minimum atomic E-state index is -0.313. The first kappa shape index (κ1) is 21.8. The second-order valence-corrected chi connectivity index (χ2v) is 8.99. The van der Waals surface area contributed by atoms with Crippen molar-refractivity contribution in [2.75, 3.05) is 18.1 Å². The molecule has 5 nitrogen and oxygen atoms in total. The van der Waals surface area contributed by atoms with Crippen LogP contribution in [0.25, 0.3) is 6.08 Å². The van der Waals surface area contributed by atoms with E-state index in [-0.39, 0.29) is 5.91 Å². The van der Waals surface area contributed by atoms with Crippen molar-refractivity contribution in [2.45, 2.75) is 26.7 Å². The molecule has 4 rings (SSSR count). The van der Waals surface area contributed by atoms with Gasteiger partial charge in [0.15, 0.2) is 4.32 Å². The molecule has 2 aromatic rings. The Hall–Kier alpha value is -2.45. The van der Waals surface area contributed by atoms with E-state index in [2.05, 4.69) is 54.3 Å². The first-order valence-corrected chi connectivity index (χ1v) is 11.5. The molecule has 0 aliphatic carbocycles. The number of rotatable bonds is 6. The predicted octanol–water partition coefficient (Wildman–Crippen LogP) is 5.72. The molecule has 0 spiro atoms. The number of thiocarbonyl (C=S) groups is 1. The summed E-state index contributed by atoms with van der Waals surface area (Å²) in [5.41, 5.74) is 6.20. The van der Waals surface area contributed by atoms with Crippen LogP contribution in [0, 0.1) is 6.92 Å². The van der Waals surface area contributed by atoms with Gasteiger partial charge in [-0.3, -0.25) is 4.79 Å². The smallest absolute Gasteiger partial charge is 0.292 e. The summed E-state index contributed by atoms with van der Waals surface area (Å²) in [5, 5.41) is 1.00. The van der Waals surface area contributed by atoms with Crippen molar-refractivity contribution in [3.05, 3.63) is 76.2 Å². The first-order valence-electron chi connectivity index (χ1n) is 10.3. The minimum absolute atomic E-state index is 0.313. The summed E-state index contributed by atoms with van der Waals surface area (Å²) in [6.07, 6.45) is 7.81. The zero-order valence-electron chi connectivity index (χ0n) is 17.5. The predicted molar refractivity (Wildman–Crippen MR) is 130 cm³/mol. The van der Waals surface area contributed by atoms with Crippen molar-refractivity contribution >= 4 is 51.7 Å². The molecule has 160 valence electrons. The van der Waals surface area contributed by atoms with Crippen molar-refractivity contribution in [3.8, 4) is 0 Å². The van der Waals surface area contributed by atoms with Crippen molar-refractivity contribution in [3.63, 3.8) is 0 Å². The molecule has 7 heteroatoms. The Balaban J connectivity index is 1.49. The maximum absolute atomic E-state index is 12.4. The van der Waals surface area contributed by atoms with Crippen molar-refractivity contribution in [1.82, 2.24) is 5.06 Å². The number of aryl methyl sites for hydroxylation is 2. The number of anilines is 2. The highest BCUT2D eigenvalue weighted by atomic mass is 32.2. The highest BCUT2D eigenvalue weighted by Gasteiger charge is 2.34. The van der Waals surface area contributed by atoms with Crippen LogP contribution in [0.5, 0.6) is 0 Å². The van der Waals surface area contributed by atoms with Crippen LogP contribution in [-0.4, -0.2) is 28.4 Å². The number of fused-ring (bicyclic) bond motifs is 1. The lowest BCUT2D eigenvalue weighted by Gasteiger charge is -2.31. The lowest BCUT2D eigenvalue weighted by Crippen LogP contribution is -2.28. The Bertz CT molecular complexity index is 1050. The number of hydrogen-bond acceptors (Lipinski definition) is 6. The molecule has 2 heterocycles. The Morgan fingerprint density at radius 1 is 1.19 bits per heavy atom. The monoisotopic (exact) mass is 452 g/mol. The summed E-state index contributed by atoms with van der Waals surface area (Å²) >= 11 is 6.37. The third kappa shape index (κ3) is 4.91. The zero-order valence-corrected chi connectivity index (χ0v) is 19.2. The minimum Gasteiger partial charge on any atom is -0.341 e. The van der Waals surface area contributed by atoms with Gasteiger partial charge < -0.3 is 4.90 Å². The van der Waals surface area contributed by atoms with E-state index in [1.54, 1.807) is 13.0 Å². The number of allylic oxidation sites excluding steroid dienone is 2. The van der Waals surface area contributed by atoms with Gasteiger partial charge in [0.2, 0.25) is 0 Å². The zero-order chi connectivity index (χ0) is 21.8. The normalized spacial score (nSPS) is 17.8. The maximum Gasteiger partial charge on any atom is 0.292 e. The third-order valence-electron chi connectivity index (χ3n) is 5.11. The van der Waals surface area contributed by atoms with Crippen LogP contribution in [0.15, 0.2) is 59.5 Å². The van der Waals surface area contributed by atoms with Gasteiger partial charge in [-0.2, -0.15) is 0 Å². The summed E-state index contributed by atoms with van der Waals surface area (Å²) in [5.74, 6) is -0.313.